The van der Waals surface area contributed by atoms with Gasteiger partial charge in [-0.1, -0.05) is 6.07 Å². The molecule has 1 aromatic heterocycles. The Morgan fingerprint density at radius 1 is 1.24 bits per heavy atom. The van der Waals surface area contributed by atoms with Crippen LogP contribution in [-0.2, 0) is 21.9 Å². The van der Waals surface area contributed by atoms with E-state index in [1.807, 2.05) is 10.6 Å². The zero-order chi connectivity index (χ0) is 15.1. The van der Waals surface area contributed by atoms with E-state index in [1.165, 1.54) is 6.07 Å². The van der Waals surface area contributed by atoms with Crippen molar-refractivity contribution in [3.05, 3.63) is 29.8 Å². The lowest BCUT2D eigenvalue weighted by atomic mass is 10.3. The highest BCUT2D eigenvalue weighted by Gasteiger charge is 2.12. The summed E-state index contributed by atoms with van der Waals surface area (Å²) in [5.74, 6) is 0.677. The third-order valence-corrected chi connectivity index (χ3v) is 3.52. The molecule has 0 N–H and O–H groups in total. The molecule has 0 radical (unpaired) electrons. The Hall–Kier alpha value is -1.17. The van der Waals surface area contributed by atoms with Crippen LogP contribution in [0.4, 0.5) is 4.39 Å². The number of nitrogens with zero attached hydrogens (tertiary/aromatic N) is 2. The van der Waals surface area contributed by atoms with Gasteiger partial charge in [0.1, 0.15) is 11.3 Å². The van der Waals surface area contributed by atoms with Gasteiger partial charge in [0.25, 0.3) is 0 Å². The van der Waals surface area contributed by atoms with Gasteiger partial charge in [-0.3, -0.25) is 0 Å². The average Bonchev–Trinajstić information content (AvgIpc) is 2.86. The maximum absolute atomic E-state index is 13.7. The first-order valence-corrected chi connectivity index (χ1v) is 7.57. The van der Waals surface area contributed by atoms with Crippen LogP contribution in [0.1, 0.15) is 18.7 Å². The fourth-order valence-electron chi connectivity index (χ4n) is 2.23. The fraction of sp³-hybridized carbons (Fsp3) is 0.533. The summed E-state index contributed by atoms with van der Waals surface area (Å²) in [5.41, 5.74) is 1.19. The third kappa shape index (κ3) is 4.15. The number of para-hydroxylation sites is 1. The van der Waals surface area contributed by atoms with Crippen molar-refractivity contribution in [1.82, 2.24) is 9.55 Å². The molecule has 0 amide bonds. The summed E-state index contributed by atoms with van der Waals surface area (Å²) in [6, 6.07) is 4.99. The van der Waals surface area contributed by atoms with Gasteiger partial charge in [0, 0.05) is 20.3 Å². The smallest absolute Gasteiger partial charge is 0.151 e. The van der Waals surface area contributed by atoms with Crippen molar-refractivity contribution < 1.29 is 13.9 Å². The molecule has 2 aromatic rings. The van der Waals surface area contributed by atoms with Crippen LogP contribution in [0, 0.1) is 5.82 Å². The van der Waals surface area contributed by atoms with Crippen LogP contribution in [0.5, 0.6) is 0 Å². The van der Waals surface area contributed by atoms with E-state index in [-0.39, 0.29) is 11.7 Å². The molecular formula is C15H20ClFN2O2. The van der Waals surface area contributed by atoms with Crippen molar-refractivity contribution in [3.63, 3.8) is 0 Å². The van der Waals surface area contributed by atoms with Crippen molar-refractivity contribution >= 4 is 22.6 Å². The zero-order valence-electron chi connectivity index (χ0n) is 12.1. The van der Waals surface area contributed by atoms with E-state index in [0.717, 1.165) is 24.9 Å². The summed E-state index contributed by atoms with van der Waals surface area (Å²) in [5, 5.41) is 0. The number of fused-ring (bicyclic) bond motifs is 1. The van der Waals surface area contributed by atoms with E-state index in [9.17, 15) is 4.39 Å². The van der Waals surface area contributed by atoms with E-state index in [2.05, 4.69) is 4.98 Å². The lowest BCUT2D eigenvalue weighted by molar-refractivity contribution is 0.0684. The minimum atomic E-state index is -0.305. The molecule has 2 rings (SSSR count). The molecule has 0 aliphatic rings. The molecule has 0 saturated carbocycles. The summed E-state index contributed by atoms with van der Waals surface area (Å²) >= 11 is 5.91. The van der Waals surface area contributed by atoms with Crippen LogP contribution in [0.25, 0.3) is 11.0 Å². The van der Waals surface area contributed by atoms with Crippen LogP contribution in [0.3, 0.4) is 0 Å². The molecule has 0 saturated heterocycles. The number of alkyl halides is 1. The number of halogens is 2. The van der Waals surface area contributed by atoms with Crippen LogP contribution in [0.15, 0.2) is 18.2 Å². The number of hydrogen-bond donors (Lipinski definition) is 0. The quantitative estimate of drug-likeness (QED) is 0.526. The SMILES string of the molecule is COCCOCCCCn1c(CCl)nc2c(F)cccc21. The average molecular weight is 315 g/mol. The standard InChI is InChI=1S/C15H20ClFN2O2/c1-20-9-10-21-8-3-2-7-19-13-6-4-5-12(17)15(13)18-14(19)11-16/h4-6H,2-3,7-11H2,1H3. The number of aromatic nitrogens is 2. The largest absolute Gasteiger partial charge is 0.382 e. The molecule has 0 fully saturated rings. The van der Waals surface area contributed by atoms with Gasteiger partial charge in [0.15, 0.2) is 5.82 Å². The molecule has 0 bridgehead atoms. The lowest BCUT2D eigenvalue weighted by Crippen LogP contribution is -2.06. The lowest BCUT2D eigenvalue weighted by Gasteiger charge is -2.08. The van der Waals surface area contributed by atoms with Gasteiger partial charge in [-0.2, -0.15) is 0 Å². The summed E-state index contributed by atoms with van der Waals surface area (Å²) in [4.78, 5) is 4.28. The van der Waals surface area contributed by atoms with E-state index < -0.39 is 0 Å². The molecule has 0 atom stereocenters. The van der Waals surface area contributed by atoms with Crippen molar-refractivity contribution in [1.29, 1.82) is 0 Å². The second kappa shape index (κ2) is 8.32. The highest BCUT2D eigenvalue weighted by atomic mass is 35.5. The molecule has 1 heterocycles. The molecule has 0 aliphatic heterocycles. The van der Waals surface area contributed by atoms with Crippen molar-refractivity contribution in [3.8, 4) is 0 Å². The zero-order valence-corrected chi connectivity index (χ0v) is 12.9. The van der Waals surface area contributed by atoms with Gasteiger partial charge >= 0.3 is 0 Å². The van der Waals surface area contributed by atoms with Crippen molar-refractivity contribution in [2.24, 2.45) is 0 Å². The molecule has 21 heavy (non-hydrogen) atoms. The summed E-state index contributed by atoms with van der Waals surface area (Å²) < 4.78 is 26.0. The van der Waals surface area contributed by atoms with Gasteiger partial charge < -0.3 is 14.0 Å². The number of aryl methyl sites for hydroxylation is 1. The Bertz CT molecular complexity index is 574. The number of ether oxygens (including phenoxy) is 2. The number of imidazole rings is 1. The Morgan fingerprint density at radius 3 is 2.86 bits per heavy atom. The second-order valence-electron chi connectivity index (χ2n) is 4.73. The second-order valence-corrected chi connectivity index (χ2v) is 5.00. The minimum Gasteiger partial charge on any atom is -0.382 e. The van der Waals surface area contributed by atoms with Gasteiger partial charge in [0.05, 0.1) is 24.6 Å². The highest BCUT2D eigenvalue weighted by molar-refractivity contribution is 6.16. The first-order chi connectivity index (χ1) is 10.3. The van der Waals surface area contributed by atoms with Crippen LogP contribution >= 0.6 is 11.6 Å². The first kappa shape index (κ1) is 16.2. The minimum absolute atomic E-state index is 0.276. The van der Waals surface area contributed by atoms with E-state index >= 15 is 0 Å². The Balaban J connectivity index is 1.93. The van der Waals surface area contributed by atoms with Crippen molar-refractivity contribution in [2.45, 2.75) is 25.3 Å². The normalized spacial score (nSPS) is 11.4. The molecule has 0 spiro atoms. The number of benzene rings is 1. The van der Waals surface area contributed by atoms with E-state index in [4.69, 9.17) is 21.1 Å². The number of rotatable bonds is 9. The molecule has 0 aliphatic carbocycles. The molecular weight excluding hydrogens is 295 g/mol. The predicted molar refractivity (Wildman–Crippen MR) is 81.2 cm³/mol. The molecule has 0 unspecified atom stereocenters. The monoisotopic (exact) mass is 314 g/mol. The third-order valence-electron chi connectivity index (χ3n) is 3.28. The molecule has 1 aromatic carbocycles. The van der Waals surface area contributed by atoms with Gasteiger partial charge in [-0.05, 0) is 25.0 Å². The van der Waals surface area contributed by atoms with E-state index in [0.29, 0.717) is 31.2 Å². The van der Waals surface area contributed by atoms with Crippen LogP contribution in [-0.4, -0.2) is 36.5 Å². The summed E-state index contributed by atoms with van der Waals surface area (Å²) in [7, 11) is 1.65. The summed E-state index contributed by atoms with van der Waals surface area (Å²) in [6.07, 6.45) is 1.86. The van der Waals surface area contributed by atoms with Gasteiger partial charge in [-0.15, -0.1) is 11.6 Å². The molecule has 116 valence electrons. The number of methoxy groups -OCH3 is 1. The van der Waals surface area contributed by atoms with Gasteiger partial charge in [-0.25, -0.2) is 9.37 Å². The number of unbranched alkanes of at least 4 members (excludes halogenated alkanes) is 1. The predicted octanol–water partition coefficient (Wildman–Crippen LogP) is 3.36. The topological polar surface area (TPSA) is 36.3 Å². The Morgan fingerprint density at radius 2 is 2.10 bits per heavy atom. The Labute approximate surface area is 128 Å². The van der Waals surface area contributed by atoms with Gasteiger partial charge in [0.2, 0.25) is 0 Å². The molecule has 6 heteroatoms. The first-order valence-electron chi connectivity index (χ1n) is 7.04. The maximum Gasteiger partial charge on any atom is 0.151 e. The Kier molecular flexibility index (Phi) is 6.42. The fourth-order valence-corrected chi connectivity index (χ4v) is 2.43. The highest BCUT2D eigenvalue weighted by Crippen LogP contribution is 2.20. The summed E-state index contributed by atoms with van der Waals surface area (Å²) in [6.45, 7) is 2.68. The van der Waals surface area contributed by atoms with Crippen LogP contribution < -0.4 is 0 Å². The van der Waals surface area contributed by atoms with Crippen molar-refractivity contribution in [2.75, 3.05) is 26.9 Å². The van der Waals surface area contributed by atoms with Crippen LogP contribution in [0.2, 0.25) is 0 Å². The molecule has 4 nitrogen and oxygen atoms in total. The van der Waals surface area contributed by atoms with E-state index in [1.54, 1.807) is 13.2 Å². The maximum atomic E-state index is 13.7. The number of hydrogen-bond acceptors (Lipinski definition) is 3.